The van der Waals surface area contributed by atoms with Crippen LogP contribution in [0.3, 0.4) is 0 Å². The average molecular weight is 151 g/mol. The third-order valence-corrected chi connectivity index (χ3v) is 1.32. The molecule has 0 saturated carbocycles. The summed E-state index contributed by atoms with van der Waals surface area (Å²) in [6.45, 7) is 6.23. The minimum absolute atomic E-state index is 1.02. The van der Waals surface area contributed by atoms with Crippen molar-refractivity contribution < 1.29 is 0 Å². The highest BCUT2D eigenvalue weighted by Gasteiger charge is 1.84. The van der Waals surface area contributed by atoms with Crippen molar-refractivity contribution in [3.63, 3.8) is 0 Å². The molecule has 0 aliphatic carbocycles. The van der Waals surface area contributed by atoms with E-state index in [1.165, 1.54) is 5.70 Å². The Balaban J connectivity index is 3.96. The molecule has 0 heterocycles. The van der Waals surface area contributed by atoms with E-state index < -0.39 is 0 Å². The summed E-state index contributed by atoms with van der Waals surface area (Å²) in [6.07, 6.45) is 9.99. The zero-order valence-electron chi connectivity index (χ0n) is 7.67. The van der Waals surface area contributed by atoms with Crippen molar-refractivity contribution in [2.24, 2.45) is 4.99 Å². The molecule has 0 aliphatic heterocycles. The lowest BCUT2D eigenvalue weighted by molar-refractivity contribution is 1.03. The van der Waals surface area contributed by atoms with Crippen molar-refractivity contribution >= 4 is 6.21 Å². The Morgan fingerprint density at radius 3 is 2.55 bits per heavy atom. The molecule has 1 heteroatoms. The normalized spacial score (nSPS) is 13.5. The molecule has 0 bridgehead atoms. The van der Waals surface area contributed by atoms with Crippen LogP contribution in [0.1, 0.15) is 33.6 Å². The Kier molecular flexibility index (Phi) is 6.70. The van der Waals surface area contributed by atoms with Crippen LogP contribution < -0.4 is 0 Å². The minimum Gasteiger partial charge on any atom is -0.262 e. The topological polar surface area (TPSA) is 12.4 Å². The highest BCUT2D eigenvalue weighted by molar-refractivity contribution is 5.71. The van der Waals surface area contributed by atoms with Gasteiger partial charge < -0.3 is 0 Å². The van der Waals surface area contributed by atoms with Crippen molar-refractivity contribution in [1.82, 2.24) is 0 Å². The summed E-state index contributed by atoms with van der Waals surface area (Å²) in [4.78, 5) is 4.27. The molecular weight excluding hydrogens is 134 g/mol. The molecule has 1 nitrogen and oxygen atoms in total. The van der Waals surface area contributed by atoms with Gasteiger partial charge in [-0.2, -0.15) is 0 Å². The lowest BCUT2D eigenvalue weighted by atomic mass is 10.3. The van der Waals surface area contributed by atoms with Gasteiger partial charge in [-0.15, -0.1) is 0 Å². The monoisotopic (exact) mass is 151 g/mol. The second-order valence-corrected chi connectivity index (χ2v) is 2.26. The van der Waals surface area contributed by atoms with Crippen LogP contribution in [0.15, 0.2) is 28.9 Å². The predicted octanol–water partition coefficient (Wildman–Crippen LogP) is 3.34. The average Bonchev–Trinajstić information content (AvgIpc) is 2.03. The van der Waals surface area contributed by atoms with Gasteiger partial charge in [-0.05, 0) is 25.8 Å². The van der Waals surface area contributed by atoms with E-state index in [-0.39, 0.29) is 0 Å². The highest BCUT2D eigenvalue weighted by atomic mass is 14.7. The van der Waals surface area contributed by atoms with Crippen LogP contribution in [0.25, 0.3) is 0 Å². The van der Waals surface area contributed by atoms with E-state index in [0.29, 0.717) is 0 Å². The molecule has 0 N–H and O–H groups in total. The first-order chi connectivity index (χ1) is 5.35. The molecule has 0 rings (SSSR count). The van der Waals surface area contributed by atoms with Gasteiger partial charge in [0.1, 0.15) is 0 Å². The quantitative estimate of drug-likeness (QED) is 0.546. The van der Waals surface area contributed by atoms with Gasteiger partial charge in [-0.25, -0.2) is 0 Å². The molecule has 0 saturated heterocycles. The van der Waals surface area contributed by atoms with Crippen LogP contribution in [-0.4, -0.2) is 6.21 Å². The van der Waals surface area contributed by atoms with Crippen LogP contribution in [0.4, 0.5) is 0 Å². The lowest BCUT2D eigenvalue weighted by Gasteiger charge is -1.92. The number of hydrogen-bond acceptors (Lipinski definition) is 1. The fraction of sp³-hybridized carbons (Fsp3) is 0.500. The second-order valence-electron chi connectivity index (χ2n) is 2.26. The zero-order valence-corrected chi connectivity index (χ0v) is 7.67. The smallest absolute Gasteiger partial charge is 0.0360 e. The summed E-state index contributed by atoms with van der Waals surface area (Å²) in [5.74, 6) is 0. The maximum Gasteiger partial charge on any atom is 0.0360 e. The van der Waals surface area contributed by atoms with Gasteiger partial charge in [0.05, 0.1) is 0 Å². The largest absolute Gasteiger partial charge is 0.262 e. The maximum absolute atomic E-state index is 4.27. The molecule has 0 radical (unpaired) electrons. The molecule has 0 spiro atoms. The Bertz CT molecular complexity index is 164. The standard InChI is InChI=1S/C10H17N/c1-4-7-9-11-10(6-3)8-5-2/h4,7-9H,5-6H2,1-3H3/b7-4-,10-8-,11-9-. The molecule has 0 atom stereocenters. The highest BCUT2D eigenvalue weighted by Crippen LogP contribution is 2.02. The molecule has 0 fully saturated rings. The summed E-state index contributed by atoms with van der Waals surface area (Å²) in [7, 11) is 0. The van der Waals surface area contributed by atoms with Crippen molar-refractivity contribution in [3.05, 3.63) is 23.9 Å². The number of allylic oxidation sites excluding steroid dienone is 4. The van der Waals surface area contributed by atoms with Crippen LogP contribution >= 0.6 is 0 Å². The van der Waals surface area contributed by atoms with E-state index in [1.807, 2.05) is 25.3 Å². The van der Waals surface area contributed by atoms with Crippen LogP contribution in [0, 0.1) is 0 Å². The summed E-state index contributed by atoms with van der Waals surface area (Å²) in [5.41, 5.74) is 1.17. The molecule has 0 amide bonds. The fourth-order valence-corrected chi connectivity index (χ4v) is 0.749. The number of aliphatic imine (C=N–C) groups is 1. The summed E-state index contributed by atoms with van der Waals surface area (Å²) in [5, 5.41) is 0. The van der Waals surface area contributed by atoms with Gasteiger partial charge >= 0.3 is 0 Å². The van der Waals surface area contributed by atoms with E-state index in [9.17, 15) is 0 Å². The fourth-order valence-electron chi connectivity index (χ4n) is 0.749. The number of nitrogens with zero attached hydrogens (tertiary/aromatic N) is 1. The number of hydrogen-bond donors (Lipinski definition) is 0. The molecule has 0 aromatic rings. The van der Waals surface area contributed by atoms with Crippen LogP contribution in [0.2, 0.25) is 0 Å². The minimum atomic E-state index is 1.02. The second kappa shape index (κ2) is 7.26. The summed E-state index contributed by atoms with van der Waals surface area (Å²) < 4.78 is 0. The Morgan fingerprint density at radius 2 is 2.09 bits per heavy atom. The first kappa shape index (κ1) is 10.2. The van der Waals surface area contributed by atoms with Gasteiger partial charge in [-0.1, -0.05) is 26.0 Å². The van der Waals surface area contributed by atoms with E-state index in [2.05, 4.69) is 24.9 Å². The Morgan fingerprint density at radius 1 is 1.36 bits per heavy atom. The third-order valence-electron chi connectivity index (χ3n) is 1.32. The van der Waals surface area contributed by atoms with Gasteiger partial charge in [0.25, 0.3) is 0 Å². The molecule has 0 aromatic carbocycles. The van der Waals surface area contributed by atoms with E-state index in [1.54, 1.807) is 0 Å². The molecule has 0 aliphatic rings. The Labute approximate surface area is 69.5 Å². The predicted molar refractivity (Wildman–Crippen MR) is 52.0 cm³/mol. The van der Waals surface area contributed by atoms with E-state index >= 15 is 0 Å². The van der Waals surface area contributed by atoms with Crippen molar-refractivity contribution in [3.8, 4) is 0 Å². The van der Waals surface area contributed by atoms with Gasteiger partial charge in [0.15, 0.2) is 0 Å². The van der Waals surface area contributed by atoms with Crippen LogP contribution in [0.5, 0.6) is 0 Å². The van der Waals surface area contributed by atoms with Crippen molar-refractivity contribution in [1.29, 1.82) is 0 Å². The van der Waals surface area contributed by atoms with Gasteiger partial charge in [0.2, 0.25) is 0 Å². The number of rotatable bonds is 4. The van der Waals surface area contributed by atoms with E-state index in [4.69, 9.17) is 0 Å². The molecular formula is C10H17N. The summed E-state index contributed by atoms with van der Waals surface area (Å²) >= 11 is 0. The van der Waals surface area contributed by atoms with Crippen LogP contribution in [-0.2, 0) is 0 Å². The maximum atomic E-state index is 4.27. The van der Waals surface area contributed by atoms with Crippen molar-refractivity contribution in [2.75, 3.05) is 0 Å². The molecule has 0 unspecified atom stereocenters. The Hall–Kier alpha value is -0.850. The van der Waals surface area contributed by atoms with Gasteiger partial charge in [0, 0.05) is 11.9 Å². The SMILES string of the molecule is C\C=C/C=N\C(=C/CC)CC. The molecule has 11 heavy (non-hydrogen) atoms. The van der Waals surface area contributed by atoms with Gasteiger partial charge in [-0.3, -0.25) is 4.99 Å². The van der Waals surface area contributed by atoms with Crippen molar-refractivity contribution in [2.45, 2.75) is 33.6 Å². The first-order valence-electron chi connectivity index (χ1n) is 4.19. The lowest BCUT2D eigenvalue weighted by Crippen LogP contribution is -1.75. The molecule has 0 aromatic heterocycles. The third kappa shape index (κ3) is 5.59. The zero-order chi connectivity index (χ0) is 8.53. The first-order valence-corrected chi connectivity index (χ1v) is 4.19. The van der Waals surface area contributed by atoms with E-state index in [0.717, 1.165) is 12.8 Å². The summed E-state index contributed by atoms with van der Waals surface area (Å²) in [6, 6.07) is 0. The molecule has 62 valence electrons.